The SMILES string of the molecule is CN=C(NCCc1ccccc1)NCc1ccc(C)cc1OCCOC.I. The highest BCUT2D eigenvalue weighted by molar-refractivity contribution is 14.0. The zero-order valence-electron chi connectivity index (χ0n) is 16.3. The smallest absolute Gasteiger partial charge is 0.191 e. The number of ether oxygens (including phenoxy) is 2. The molecule has 0 saturated heterocycles. The fourth-order valence-corrected chi connectivity index (χ4v) is 2.55. The molecule has 0 saturated carbocycles. The molecule has 0 atom stereocenters. The average Bonchev–Trinajstić information content (AvgIpc) is 2.66. The normalized spacial score (nSPS) is 10.9. The summed E-state index contributed by atoms with van der Waals surface area (Å²) in [4.78, 5) is 4.29. The summed E-state index contributed by atoms with van der Waals surface area (Å²) >= 11 is 0. The Labute approximate surface area is 179 Å². The van der Waals surface area contributed by atoms with Gasteiger partial charge in [0.05, 0.1) is 6.61 Å². The first-order chi connectivity index (χ1) is 12.7. The van der Waals surface area contributed by atoms with Gasteiger partial charge in [0.25, 0.3) is 0 Å². The van der Waals surface area contributed by atoms with E-state index in [4.69, 9.17) is 9.47 Å². The van der Waals surface area contributed by atoms with Gasteiger partial charge in [0.1, 0.15) is 12.4 Å². The molecule has 0 bridgehead atoms. The van der Waals surface area contributed by atoms with Crippen LogP contribution in [0.15, 0.2) is 53.5 Å². The van der Waals surface area contributed by atoms with Gasteiger partial charge in [-0.2, -0.15) is 0 Å². The standard InChI is InChI=1S/C21H29N3O2.HI/c1-17-9-10-19(20(15-17)26-14-13-25-3)16-24-21(22-2)23-12-11-18-7-5-4-6-8-18;/h4-10,15H,11-14,16H2,1-3H3,(H2,22,23,24);1H. The molecule has 2 rings (SSSR count). The topological polar surface area (TPSA) is 54.9 Å². The van der Waals surface area contributed by atoms with Gasteiger partial charge in [0.15, 0.2) is 5.96 Å². The number of guanidine groups is 1. The maximum absolute atomic E-state index is 5.84. The fourth-order valence-electron chi connectivity index (χ4n) is 2.55. The van der Waals surface area contributed by atoms with Gasteiger partial charge in [-0.3, -0.25) is 4.99 Å². The molecule has 0 heterocycles. The number of nitrogens with zero attached hydrogens (tertiary/aromatic N) is 1. The van der Waals surface area contributed by atoms with Crippen LogP contribution in [-0.4, -0.2) is 39.9 Å². The first kappa shape index (κ1) is 23.2. The number of halogens is 1. The van der Waals surface area contributed by atoms with E-state index in [1.165, 1.54) is 11.1 Å². The Morgan fingerprint density at radius 3 is 2.52 bits per heavy atom. The number of methoxy groups -OCH3 is 1. The molecular formula is C21H30IN3O2. The van der Waals surface area contributed by atoms with Crippen molar-refractivity contribution < 1.29 is 9.47 Å². The first-order valence-corrected chi connectivity index (χ1v) is 8.92. The molecule has 2 N–H and O–H groups in total. The van der Waals surface area contributed by atoms with Crippen molar-refractivity contribution in [1.29, 1.82) is 0 Å². The molecule has 5 nitrogen and oxygen atoms in total. The summed E-state index contributed by atoms with van der Waals surface area (Å²) in [7, 11) is 3.45. The highest BCUT2D eigenvalue weighted by atomic mass is 127. The Kier molecular flexibility index (Phi) is 11.5. The minimum atomic E-state index is 0. The van der Waals surface area contributed by atoms with Crippen LogP contribution in [0, 0.1) is 6.92 Å². The quantitative estimate of drug-likeness (QED) is 0.248. The maximum Gasteiger partial charge on any atom is 0.191 e. The van der Waals surface area contributed by atoms with E-state index in [1.807, 2.05) is 6.07 Å². The van der Waals surface area contributed by atoms with Crippen LogP contribution >= 0.6 is 24.0 Å². The third-order valence-electron chi connectivity index (χ3n) is 3.99. The summed E-state index contributed by atoms with van der Waals surface area (Å²) in [6, 6.07) is 16.6. The number of aliphatic imine (C=N–C) groups is 1. The van der Waals surface area contributed by atoms with Gasteiger partial charge < -0.3 is 20.1 Å². The molecule has 6 heteroatoms. The van der Waals surface area contributed by atoms with Crippen LogP contribution < -0.4 is 15.4 Å². The number of nitrogens with one attached hydrogen (secondary N) is 2. The minimum absolute atomic E-state index is 0. The number of benzene rings is 2. The summed E-state index contributed by atoms with van der Waals surface area (Å²) < 4.78 is 10.9. The molecule has 27 heavy (non-hydrogen) atoms. The second kappa shape index (κ2) is 13.4. The van der Waals surface area contributed by atoms with Crippen LogP contribution in [-0.2, 0) is 17.7 Å². The van der Waals surface area contributed by atoms with E-state index in [2.05, 4.69) is 65.0 Å². The Bertz CT molecular complexity index is 693. The lowest BCUT2D eigenvalue weighted by atomic mass is 10.1. The highest BCUT2D eigenvalue weighted by Crippen LogP contribution is 2.20. The maximum atomic E-state index is 5.84. The van der Waals surface area contributed by atoms with Crippen LogP contribution in [0.1, 0.15) is 16.7 Å². The number of hydrogen-bond acceptors (Lipinski definition) is 3. The number of hydrogen-bond donors (Lipinski definition) is 2. The molecule has 2 aromatic carbocycles. The molecule has 0 aliphatic carbocycles. The van der Waals surface area contributed by atoms with Gasteiger partial charge in [-0.25, -0.2) is 0 Å². The lowest BCUT2D eigenvalue weighted by Gasteiger charge is -2.15. The van der Waals surface area contributed by atoms with Gasteiger partial charge in [-0.05, 0) is 30.5 Å². The summed E-state index contributed by atoms with van der Waals surface area (Å²) in [5.74, 6) is 1.67. The number of rotatable bonds is 9. The molecule has 0 amide bonds. The van der Waals surface area contributed by atoms with Crippen molar-refractivity contribution in [2.75, 3.05) is 33.9 Å². The van der Waals surface area contributed by atoms with Crippen molar-refractivity contribution in [2.45, 2.75) is 19.9 Å². The second-order valence-electron chi connectivity index (χ2n) is 6.04. The predicted molar refractivity (Wildman–Crippen MR) is 122 cm³/mol. The molecule has 0 aliphatic rings. The molecule has 0 spiro atoms. The van der Waals surface area contributed by atoms with Crippen LogP contribution in [0.3, 0.4) is 0 Å². The average molecular weight is 483 g/mol. The van der Waals surface area contributed by atoms with Gasteiger partial charge >= 0.3 is 0 Å². The van der Waals surface area contributed by atoms with Crippen LogP contribution in [0.5, 0.6) is 5.75 Å². The molecule has 2 aromatic rings. The Balaban J connectivity index is 0.00000364. The van der Waals surface area contributed by atoms with Gasteiger partial charge in [0.2, 0.25) is 0 Å². The molecule has 0 radical (unpaired) electrons. The van der Waals surface area contributed by atoms with E-state index in [0.717, 1.165) is 30.2 Å². The van der Waals surface area contributed by atoms with Crippen molar-refractivity contribution in [1.82, 2.24) is 10.6 Å². The summed E-state index contributed by atoms with van der Waals surface area (Å²) in [6.45, 7) is 4.65. The Morgan fingerprint density at radius 1 is 1.04 bits per heavy atom. The minimum Gasteiger partial charge on any atom is -0.491 e. The van der Waals surface area contributed by atoms with Gasteiger partial charge in [-0.1, -0.05) is 42.5 Å². The van der Waals surface area contributed by atoms with Gasteiger partial charge in [0, 0.05) is 32.8 Å². The summed E-state index contributed by atoms with van der Waals surface area (Å²) in [6.07, 6.45) is 0.956. The summed E-state index contributed by atoms with van der Waals surface area (Å²) in [5.41, 5.74) is 3.58. The van der Waals surface area contributed by atoms with E-state index >= 15 is 0 Å². The van der Waals surface area contributed by atoms with E-state index in [-0.39, 0.29) is 24.0 Å². The second-order valence-corrected chi connectivity index (χ2v) is 6.04. The fraction of sp³-hybridized carbons (Fsp3) is 0.381. The van der Waals surface area contributed by atoms with Crippen LogP contribution in [0.4, 0.5) is 0 Å². The summed E-state index contributed by atoms with van der Waals surface area (Å²) in [5, 5.41) is 6.70. The van der Waals surface area contributed by atoms with Crippen LogP contribution in [0.2, 0.25) is 0 Å². The van der Waals surface area contributed by atoms with E-state index in [0.29, 0.717) is 19.8 Å². The largest absolute Gasteiger partial charge is 0.491 e. The molecule has 148 valence electrons. The first-order valence-electron chi connectivity index (χ1n) is 8.92. The van der Waals surface area contributed by atoms with Crippen molar-refractivity contribution in [2.24, 2.45) is 4.99 Å². The monoisotopic (exact) mass is 483 g/mol. The number of aryl methyl sites for hydroxylation is 1. The van der Waals surface area contributed by atoms with Crippen LogP contribution in [0.25, 0.3) is 0 Å². The van der Waals surface area contributed by atoms with Crippen molar-refractivity contribution in [3.8, 4) is 5.75 Å². The van der Waals surface area contributed by atoms with E-state index < -0.39 is 0 Å². The molecule has 0 aliphatic heterocycles. The predicted octanol–water partition coefficient (Wildman–Crippen LogP) is 3.55. The zero-order valence-corrected chi connectivity index (χ0v) is 18.7. The van der Waals surface area contributed by atoms with E-state index in [1.54, 1.807) is 14.2 Å². The third-order valence-corrected chi connectivity index (χ3v) is 3.99. The van der Waals surface area contributed by atoms with Crippen molar-refractivity contribution in [3.05, 3.63) is 65.2 Å². The molecular weight excluding hydrogens is 453 g/mol. The third kappa shape index (κ3) is 8.62. The lowest BCUT2D eigenvalue weighted by molar-refractivity contribution is 0.145. The van der Waals surface area contributed by atoms with Gasteiger partial charge in [-0.15, -0.1) is 24.0 Å². The highest BCUT2D eigenvalue weighted by Gasteiger charge is 2.06. The Hall–Kier alpha value is -1.80. The lowest BCUT2D eigenvalue weighted by Crippen LogP contribution is -2.37. The van der Waals surface area contributed by atoms with Crippen molar-refractivity contribution >= 4 is 29.9 Å². The van der Waals surface area contributed by atoms with E-state index in [9.17, 15) is 0 Å². The zero-order chi connectivity index (χ0) is 18.6. The Morgan fingerprint density at radius 2 is 1.81 bits per heavy atom. The molecule has 0 fully saturated rings. The molecule has 0 unspecified atom stereocenters. The van der Waals surface area contributed by atoms with Crippen molar-refractivity contribution in [3.63, 3.8) is 0 Å². The molecule has 0 aromatic heterocycles.